The Hall–Kier alpha value is -3.91. The number of aromatic hydroxyl groups is 2. The van der Waals surface area contributed by atoms with Crippen molar-refractivity contribution in [3.63, 3.8) is 0 Å². The molecule has 2 aliphatic rings. The summed E-state index contributed by atoms with van der Waals surface area (Å²) in [5.74, 6) is 1.38. The summed E-state index contributed by atoms with van der Waals surface area (Å²) in [6, 6.07) is 11.0. The molecule has 0 saturated carbocycles. The van der Waals surface area contributed by atoms with E-state index in [1.165, 1.54) is 14.0 Å². The van der Waals surface area contributed by atoms with Crippen molar-refractivity contribution in [2.24, 2.45) is 0 Å². The van der Waals surface area contributed by atoms with Gasteiger partial charge in [0.2, 0.25) is 0 Å². The number of hydrogen-bond acceptors (Lipinski definition) is 8. The topological polar surface area (TPSA) is 106 Å². The van der Waals surface area contributed by atoms with Gasteiger partial charge in [-0.15, -0.1) is 0 Å². The number of nitrogens with one attached hydrogen (secondary N) is 1. The molecule has 38 heavy (non-hydrogen) atoms. The smallest absolute Gasteiger partial charge is 0.302 e. The van der Waals surface area contributed by atoms with E-state index in [9.17, 15) is 15.0 Å². The lowest BCUT2D eigenvalue weighted by atomic mass is 9.81. The number of rotatable bonds is 8. The van der Waals surface area contributed by atoms with Crippen LogP contribution in [0.15, 0.2) is 36.4 Å². The zero-order valence-electron chi connectivity index (χ0n) is 22.1. The van der Waals surface area contributed by atoms with Gasteiger partial charge in [0.15, 0.2) is 11.5 Å². The van der Waals surface area contributed by atoms with Crippen LogP contribution in [0, 0.1) is 0 Å². The molecule has 0 aromatic heterocycles. The number of carbonyl (C=O) groups excluding carboxylic acids is 1. The van der Waals surface area contributed by atoms with Crippen molar-refractivity contribution in [2.75, 3.05) is 27.4 Å². The second-order valence-electron chi connectivity index (χ2n) is 9.64. The molecule has 0 amide bonds. The van der Waals surface area contributed by atoms with Crippen molar-refractivity contribution in [3.05, 3.63) is 64.2 Å². The number of aryl methyl sites for hydroxylation is 1. The van der Waals surface area contributed by atoms with Gasteiger partial charge >= 0.3 is 5.97 Å². The number of ether oxygens (including phenoxy) is 4. The molecule has 0 radical (unpaired) electrons. The van der Waals surface area contributed by atoms with E-state index >= 15 is 0 Å². The molecule has 3 N–H and O–H groups in total. The highest BCUT2D eigenvalue weighted by Crippen LogP contribution is 2.54. The predicted molar refractivity (Wildman–Crippen MR) is 142 cm³/mol. The van der Waals surface area contributed by atoms with Crippen LogP contribution in [0.5, 0.6) is 28.7 Å². The Kier molecular flexibility index (Phi) is 7.08. The molecule has 0 unspecified atom stereocenters. The van der Waals surface area contributed by atoms with Crippen molar-refractivity contribution >= 4 is 5.97 Å². The Bertz CT molecular complexity index is 1370. The van der Waals surface area contributed by atoms with Gasteiger partial charge in [-0.2, -0.15) is 0 Å². The first-order valence-electron chi connectivity index (χ1n) is 12.8. The van der Waals surface area contributed by atoms with Crippen molar-refractivity contribution in [3.8, 4) is 39.9 Å². The molecule has 1 heterocycles. The summed E-state index contributed by atoms with van der Waals surface area (Å²) in [5.41, 5.74) is 6.76. The first-order valence-corrected chi connectivity index (χ1v) is 12.8. The number of hydrogen-bond donors (Lipinski definition) is 3. The fourth-order valence-electron chi connectivity index (χ4n) is 5.65. The fraction of sp³-hybridized carbons (Fsp3) is 0.367. The third-order valence-corrected chi connectivity index (χ3v) is 7.38. The van der Waals surface area contributed by atoms with Crippen LogP contribution in [0.2, 0.25) is 0 Å². The number of esters is 1. The summed E-state index contributed by atoms with van der Waals surface area (Å²) in [7, 11) is 3.12. The highest BCUT2D eigenvalue weighted by Gasteiger charge is 2.41. The van der Waals surface area contributed by atoms with Gasteiger partial charge in [-0.25, -0.2) is 0 Å². The van der Waals surface area contributed by atoms with Crippen LogP contribution in [0.1, 0.15) is 53.7 Å². The molecule has 0 saturated heterocycles. The van der Waals surface area contributed by atoms with Gasteiger partial charge in [0, 0.05) is 41.8 Å². The highest BCUT2D eigenvalue weighted by atomic mass is 16.5. The van der Waals surface area contributed by atoms with Gasteiger partial charge in [-0.05, 0) is 54.3 Å². The molecule has 5 rings (SSSR count). The third-order valence-electron chi connectivity index (χ3n) is 7.38. The maximum Gasteiger partial charge on any atom is 0.302 e. The van der Waals surface area contributed by atoms with Gasteiger partial charge < -0.3 is 34.5 Å². The fourth-order valence-corrected chi connectivity index (χ4v) is 5.65. The zero-order chi connectivity index (χ0) is 27.0. The minimum absolute atomic E-state index is 0.0561. The van der Waals surface area contributed by atoms with Gasteiger partial charge in [0.25, 0.3) is 0 Å². The lowest BCUT2D eigenvalue weighted by Gasteiger charge is -2.24. The summed E-state index contributed by atoms with van der Waals surface area (Å²) in [6.07, 6.45) is 1.00. The molecular weight excluding hydrogens is 486 g/mol. The molecule has 1 aliphatic carbocycles. The lowest BCUT2D eigenvalue weighted by Crippen LogP contribution is -2.20. The van der Waals surface area contributed by atoms with E-state index in [-0.39, 0.29) is 30.0 Å². The van der Waals surface area contributed by atoms with Crippen LogP contribution in [-0.4, -0.2) is 43.6 Å². The molecule has 2 atom stereocenters. The van der Waals surface area contributed by atoms with Crippen molar-refractivity contribution < 1.29 is 34.0 Å². The average Bonchev–Trinajstić information content (AvgIpc) is 3.28. The monoisotopic (exact) mass is 519 g/mol. The minimum Gasteiger partial charge on any atom is -0.508 e. The summed E-state index contributed by atoms with van der Waals surface area (Å²) in [4.78, 5) is 11.8. The summed E-state index contributed by atoms with van der Waals surface area (Å²) in [6.45, 7) is 4.87. The van der Waals surface area contributed by atoms with Gasteiger partial charge in [0.1, 0.15) is 30.0 Å². The van der Waals surface area contributed by atoms with Crippen LogP contribution in [-0.2, 0) is 28.9 Å². The van der Waals surface area contributed by atoms with Crippen LogP contribution in [0.25, 0.3) is 11.1 Å². The zero-order valence-corrected chi connectivity index (χ0v) is 22.1. The highest BCUT2D eigenvalue weighted by molar-refractivity contribution is 5.82. The number of methoxy groups -OCH3 is 2. The van der Waals surface area contributed by atoms with E-state index in [0.29, 0.717) is 18.0 Å². The third kappa shape index (κ3) is 4.49. The Labute approximate surface area is 222 Å². The number of phenolic OH excluding ortho intramolecular Hbond substituents is 2. The van der Waals surface area contributed by atoms with Crippen molar-refractivity contribution in [1.29, 1.82) is 0 Å². The van der Waals surface area contributed by atoms with Gasteiger partial charge in [-0.1, -0.05) is 19.1 Å². The molecule has 8 nitrogen and oxygen atoms in total. The first-order chi connectivity index (χ1) is 18.4. The molecule has 0 fully saturated rings. The predicted octanol–water partition coefficient (Wildman–Crippen LogP) is 4.77. The summed E-state index contributed by atoms with van der Waals surface area (Å²) >= 11 is 0. The maximum atomic E-state index is 11.8. The molecule has 200 valence electrons. The Morgan fingerprint density at radius 3 is 2.55 bits per heavy atom. The molecular formula is C30H33NO7. The molecule has 8 heteroatoms. The van der Waals surface area contributed by atoms with Crippen LogP contribution in [0.4, 0.5) is 0 Å². The lowest BCUT2D eigenvalue weighted by molar-refractivity contribution is -0.141. The number of carbonyl (C=O) groups is 1. The standard InChI is InChI=1S/C30H33NO7/c1-5-31-14-18-11-25(34)26(35-3)13-23(18)30-24(15-37-16(2)32)22-9-8-20-21(29(22)38-30)7-6-17-10-19(33)12-27(36-4)28(17)20/h8-13,24,30-31,33-34H,5-7,14-15H2,1-4H3/t24-,30-/m0/s1. The summed E-state index contributed by atoms with van der Waals surface area (Å²) in [5, 5.41) is 24.0. The molecule has 0 bridgehead atoms. The SMILES string of the molecule is CCNCc1cc(O)c(OC)cc1[C@@H]1Oc2c(ccc3c2CCc2cc(O)cc(OC)c2-3)[C@@H]1COC(C)=O. The van der Waals surface area contributed by atoms with E-state index in [1.54, 1.807) is 25.3 Å². The largest absolute Gasteiger partial charge is 0.508 e. The Morgan fingerprint density at radius 2 is 1.84 bits per heavy atom. The Balaban J connectivity index is 1.64. The molecule has 0 spiro atoms. The van der Waals surface area contributed by atoms with E-state index in [1.807, 2.05) is 19.1 Å². The van der Waals surface area contributed by atoms with Crippen LogP contribution < -0.4 is 19.5 Å². The first kappa shape index (κ1) is 25.7. The number of benzene rings is 3. The van der Waals surface area contributed by atoms with E-state index in [0.717, 1.165) is 64.1 Å². The van der Waals surface area contributed by atoms with E-state index in [4.69, 9.17) is 18.9 Å². The normalized spacial score (nSPS) is 17.2. The molecule has 3 aromatic carbocycles. The van der Waals surface area contributed by atoms with Gasteiger partial charge in [0.05, 0.1) is 20.1 Å². The Morgan fingerprint density at radius 1 is 1.05 bits per heavy atom. The van der Waals surface area contributed by atoms with Crippen molar-refractivity contribution in [2.45, 2.75) is 45.3 Å². The molecule has 3 aromatic rings. The minimum atomic E-state index is -0.456. The quantitative estimate of drug-likeness (QED) is 0.366. The average molecular weight is 520 g/mol. The van der Waals surface area contributed by atoms with E-state index in [2.05, 4.69) is 11.4 Å². The molecule has 1 aliphatic heterocycles. The van der Waals surface area contributed by atoms with Crippen molar-refractivity contribution in [1.82, 2.24) is 5.32 Å². The maximum absolute atomic E-state index is 11.8. The van der Waals surface area contributed by atoms with Crippen LogP contribution >= 0.6 is 0 Å². The summed E-state index contributed by atoms with van der Waals surface area (Å²) < 4.78 is 23.4. The van der Waals surface area contributed by atoms with Gasteiger partial charge in [-0.3, -0.25) is 4.79 Å². The number of fused-ring (bicyclic) bond motifs is 5. The van der Waals surface area contributed by atoms with E-state index < -0.39 is 6.10 Å². The second-order valence-corrected chi connectivity index (χ2v) is 9.64. The van der Waals surface area contributed by atoms with Crippen LogP contribution in [0.3, 0.4) is 0 Å². The second kappa shape index (κ2) is 10.5. The number of phenols is 2.